The van der Waals surface area contributed by atoms with Gasteiger partial charge in [0.2, 0.25) is 0 Å². The highest BCUT2D eigenvalue weighted by molar-refractivity contribution is 7.87. The second-order valence-electron chi connectivity index (χ2n) is 16.9. The average Bonchev–Trinajstić information content (AvgIpc) is 3.17. The molecule has 2 fully saturated rings. The molecule has 2 bridgehead atoms. The van der Waals surface area contributed by atoms with Gasteiger partial charge in [-0.1, -0.05) is 50.6 Å². The molecule has 12 heteroatoms. The fraction of sp³-hybridized carbons (Fsp3) is 0.615. The van der Waals surface area contributed by atoms with Crippen LogP contribution in [0.2, 0.25) is 23.2 Å². The molecule has 1 saturated heterocycles. The van der Waals surface area contributed by atoms with Crippen molar-refractivity contribution in [1.82, 2.24) is 9.03 Å². The van der Waals surface area contributed by atoms with Crippen molar-refractivity contribution in [3.8, 4) is 5.75 Å². The summed E-state index contributed by atoms with van der Waals surface area (Å²) in [5.41, 5.74) is 3.41. The highest BCUT2D eigenvalue weighted by Gasteiger charge is 2.47. The van der Waals surface area contributed by atoms with Crippen molar-refractivity contribution in [2.45, 2.75) is 101 Å². The highest BCUT2D eigenvalue weighted by Crippen LogP contribution is 2.48. The van der Waals surface area contributed by atoms with Crippen molar-refractivity contribution in [2.24, 2.45) is 11.8 Å². The van der Waals surface area contributed by atoms with Crippen LogP contribution in [0.15, 0.2) is 48.6 Å². The van der Waals surface area contributed by atoms with Gasteiger partial charge in [0, 0.05) is 48.8 Å². The third-order valence-corrected chi connectivity index (χ3v) is 18.7. The van der Waals surface area contributed by atoms with Gasteiger partial charge in [-0.3, -0.25) is 4.79 Å². The summed E-state index contributed by atoms with van der Waals surface area (Å²) >= 11 is 6.48. The molecule has 5 atom stereocenters. The summed E-state index contributed by atoms with van der Waals surface area (Å²) in [5, 5.41) is 0.790. The number of benzene rings is 2. The molecule has 1 spiro atoms. The van der Waals surface area contributed by atoms with Crippen molar-refractivity contribution >= 4 is 41.7 Å². The Balaban J connectivity index is 1.29. The predicted molar refractivity (Wildman–Crippen MR) is 205 cm³/mol. The van der Waals surface area contributed by atoms with E-state index in [4.69, 9.17) is 25.5 Å². The smallest absolute Gasteiger partial charge is 0.304 e. The lowest BCUT2D eigenvalue weighted by Gasteiger charge is -2.48. The molecule has 1 amide bonds. The lowest BCUT2D eigenvalue weighted by molar-refractivity contribution is -0.0574. The summed E-state index contributed by atoms with van der Waals surface area (Å²) in [5.74, 6) is 0.751. The van der Waals surface area contributed by atoms with Crippen LogP contribution in [0.1, 0.15) is 80.8 Å². The van der Waals surface area contributed by atoms with Crippen LogP contribution in [0.25, 0.3) is 0 Å². The lowest BCUT2D eigenvalue weighted by Crippen LogP contribution is -2.52. The second kappa shape index (κ2) is 14.1. The number of ether oxygens (including phenoxy) is 2. The molecule has 9 nitrogen and oxygen atoms in total. The van der Waals surface area contributed by atoms with E-state index in [0.717, 1.165) is 62.3 Å². The zero-order chi connectivity index (χ0) is 36.2. The van der Waals surface area contributed by atoms with Gasteiger partial charge in [-0.05, 0) is 116 Å². The van der Waals surface area contributed by atoms with Gasteiger partial charge >= 0.3 is 10.2 Å². The Hall–Kier alpha value is -2.41. The molecule has 51 heavy (non-hydrogen) atoms. The molecular formula is C39H54ClN3O6SSi. The number of nitrogens with one attached hydrogen (secondary N) is 1. The van der Waals surface area contributed by atoms with Crippen molar-refractivity contribution in [1.29, 1.82) is 0 Å². The monoisotopic (exact) mass is 755 g/mol. The van der Waals surface area contributed by atoms with Crippen molar-refractivity contribution < 1.29 is 27.1 Å². The zero-order valence-electron chi connectivity index (χ0n) is 30.8. The molecule has 0 aromatic heterocycles. The van der Waals surface area contributed by atoms with Gasteiger partial charge in [0.1, 0.15) is 5.75 Å². The molecular weight excluding hydrogens is 702 g/mol. The number of nitrogens with zero attached hydrogens (tertiary/aromatic N) is 2. The van der Waals surface area contributed by atoms with Crippen LogP contribution in [-0.2, 0) is 31.2 Å². The molecule has 278 valence electrons. The third-order valence-electron chi connectivity index (χ3n) is 12.5. The number of halogens is 1. The molecule has 2 aromatic carbocycles. The summed E-state index contributed by atoms with van der Waals surface area (Å²) in [7, 11) is -6.29. The number of carbonyl (C=O) groups excluding carboxylic acids is 1. The first kappa shape index (κ1) is 36.9. The number of hydrogen-bond donors (Lipinski definition) is 1. The third kappa shape index (κ3) is 7.53. The Morgan fingerprint density at radius 2 is 1.92 bits per heavy atom. The quantitative estimate of drug-likeness (QED) is 0.259. The molecule has 3 aliphatic heterocycles. The van der Waals surface area contributed by atoms with Gasteiger partial charge in [-0.25, -0.2) is 4.72 Å². The number of aryl methyl sites for hydroxylation is 1. The van der Waals surface area contributed by atoms with Crippen LogP contribution in [0.5, 0.6) is 5.75 Å². The fourth-order valence-electron chi connectivity index (χ4n) is 8.23. The zero-order valence-corrected chi connectivity index (χ0v) is 33.3. The maximum atomic E-state index is 13.8. The minimum atomic E-state index is -4.15. The Kier molecular flexibility index (Phi) is 10.2. The van der Waals surface area contributed by atoms with Crippen LogP contribution < -0.4 is 14.4 Å². The largest absolute Gasteiger partial charge is 0.490 e. The summed E-state index contributed by atoms with van der Waals surface area (Å²) in [6.07, 6.45) is 10.5. The van der Waals surface area contributed by atoms with Crippen molar-refractivity contribution in [3.63, 3.8) is 0 Å². The first-order chi connectivity index (χ1) is 24.1. The number of amides is 1. The SMILES string of the molecule is CC(C)(C)[Si](C)(C)O[C@H]1/C=C\CCN(C[C@@H]2CCO2)S(=O)(=O)NC(=O)c2ccc3c(c2)N(C[C@@H]2CC[C@H]21)C[C@@]1(CCCc2cc(Cl)ccc21)CO3. The summed E-state index contributed by atoms with van der Waals surface area (Å²) in [6.45, 7) is 14.5. The van der Waals surface area contributed by atoms with E-state index in [2.05, 4.69) is 67.8 Å². The molecule has 1 N–H and O–H groups in total. The number of hydrogen-bond acceptors (Lipinski definition) is 7. The van der Waals surface area contributed by atoms with Crippen LogP contribution in [0.4, 0.5) is 5.69 Å². The number of anilines is 1. The van der Waals surface area contributed by atoms with E-state index in [1.807, 2.05) is 18.2 Å². The van der Waals surface area contributed by atoms with Gasteiger partial charge < -0.3 is 18.8 Å². The minimum Gasteiger partial charge on any atom is -0.490 e. The van der Waals surface area contributed by atoms with Crippen LogP contribution >= 0.6 is 11.6 Å². The van der Waals surface area contributed by atoms with E-state index < -0.39 is 24.4 Å². The van der Waals surface area contributed by atoms with E-state index in [1.54, 1.807) is 6.07 Å². The number of fused-ring (bicyclic) bond motifs is 4. The molecule has 5 aliphatic rings. The molecule has 2 aromatic rings. The minimum absolute atomic E-state index is 0.0440. The second-order valence-corrected chi connectivity index (χ2v) is 23.8. The maximum Gasteiger partial charge on any atom is 0.304 e. The van der Waals surface area contributed by atoms with Crippen molar-refractivity contribution in [3.05, 3.63) is 70.3 Å². The summed E-state index contributed by atoms with van der Waals surface area (Å²) in [6, 6.07) is 11.6. The summed E-state index contributed by atoms with van der Waals surface area (Å²) < 4.78 is 50.8. The standard InChI is InChI=1S/C39H54ClN3O6SSi/c1-38(2,3)51(4,5)49-35-10-6-7-19-43(24-31-17-20-47-31)50(45,46)41-37(44)28-12-16-36-34(22-28)42(23-29-11-14-32(29)35)25-39(26-48-36)18-8-9-27-21-30(40)13-15-33(27)39/h6,10,12-13,15-16,21-22,29,31-32,35H,7-9,11,14,17-20,23-26H2,1-5H3,(H,41,44)/b10-6-/t29-,31-,32+,35-,39-/m0/s1. The first-order valence-electron chi connectivity index (χ1n) is 18.7. The van der Waals surface area contributed by atoms with E-state index in [-0.39, 0.29) is 41.3 Å². The van der Waals surface area contributed by atoms with Gasteiger partial charge in [-0.2, -0.15) is 12.7 Å². The molecule has 0 unspecified atom stereocenters. The van der Waals surface area contributed by atoms with Gasteiger partial charge in [0.05, 0.1) is 24.5 Å². The topological polar surface area (TPSA) is 97.4 Å². The van der Waals surface area contributed by atoms with Crippen LogP contribution in [0, 0.1) is 11.8 Å². The Morgan fingerprint density at radius 1 is 1.12 bits per heavy atom. The molecule has 7 rings (SSSR count). The average molecular weight is 756 g/mol. The Bertz CT molecular complexity index is 1780. The maximum absolute atomic E-state index is 13.8. The Labute approximate surface area is 310 Å². The van der Waals surface area contributed by atoms with Gasteiger partial charge in [0.25, 0.3) is 5.91 Å². The van der Waals surface area contributed by atoms with Gasteiger partial charge in [0.15, 0.2) is 8.32 Å². The highest BCUT2D eigenvalue weighted by atomic mass is 35.5. The number of rotatable bonds is 4. The molecule has 1 saturated carbocycles. The van der Waals surface area contributed by atoms with E-state index in [9.17, 15) is 13.2 Å². The van der Waals surface area contributed by atoms with E-state index in [0.29, 0.717) is 37.2 Å². The van der Waals surface area contributed by atoms with Gasteiger partial charge in [-0.15, -0.1) is 0 Å². The molecule has 0 radical (unpaired) electrons. The van der Waals surface area contributed by atoms with E-state index >= 15 is 0 Å². The van der Waals surface area contributed by atoms with Crippen LogP contribution in [0.3, 0.4) is 0 Å². The van der Waals surface area contributed by atoms with Crippen LogP contribution in [-0.4, -0.2) is 78.5 Å². The number of carbonyl (C=O) groups is 1. The first-order valence-corrected chi connectivity index (χ1v) is 23.5. The Morgan fingerprint density at radius 3 is 2.63 bits per heavy atom. The summed E-state index contributed by atoms with van der Waals surface area (Å²) in [4.78, 5) is 16.2. The lowest BCUT2D eigenvalue weighted by atomic mass is 9.68. The molecule has 2 aliphatic carbocycles. The molecule has 3 heterocycles. The van der Waals surface area contributed by atoms with Crippen molar-refractivity contribution in [2.75, 3.05) is 44.3 Å². The fourth-order valence-corrected chi connectivity index (χ4v) is 10.9. The predicted octanol–water partition coefficient (Wildman–Crippen LogP) is 7.26. The normalized spacial score (nSPS) is 30.5. The van der Waals surface area contributed by atoms with E-state index in [1.165, 1.54) is 15.4 Å².